The van der Waals surface area contributed by atoms with Gasteiger partial charge in [-0.15, -0.1) is 0 Å². The van der Waals surface area contributed by atoms with E-state index in [2.05, 4.69) is 16.2 Å². The first-order valence-electron chi connectivity index (χ1n) is 6.86. The molecule has 2 rings (SSSR count). The molecule has 1 aliphatic heterocycles. The number of carbonyl (C=O) groups excluding carboxylic acids is 1. The fourth-order valence-electron chi connectivity index (χ4n) is 2.36. The van der Waals surface area contributed by atoms with Gasteiger partial charge in [-0.3, -0.25) is 9.69 Å². The quantitative estimate of drug-likeness (QED) is 0.832. The maximum absolute atomic E-state index is 12.5. The molecule has 1 saturated heterocycles. The lowest BCUT2D eigenvalue weighted by atomic mass is 10.1. The van der Waals surface area contributed by atoms with Gasteiger partial charge in [0.25, 0.3) is 5.91 Å². The van der Waals surface area contributed by atoms with Crippen molar-refractivity contribution in [1.82, 2.24) is 9.80 Å². The molecular formula is C15H17ClF2N2O2. The number of hydrogen-bond acceptors (Lipinski definition) is 3. The van der Waals surface area contributed by atoms with Crippen LogP contribution in [0.3, 0.4) is 0 Å². The van der Waals surface area contributed by atoms with Crippen LogP contribution in [-0.2, 0) is 0 Å². The first kappa shape index (κ1) is 16.7. The van der Waals surface area contributed by atoms with Crippen molar-refractivity contribution in [3.05, 3.63) is 41.4 Å². The Kier molecular flexibility index (Phi) is 5.74. The minimum atomic E-state index is -2.96. The topological polar surface area (TPSA) is 32.8 Å². The lowest BCUT2D eigenvalue weighted by molar-refractivity contribution is -0.0503. The minimum absolute atomic E-state index is 0.0981. The fraction of sp³-hybridized carbons (Fsp3) is 0.400. The van der Waals surface area contributed by atoms with Gasteiger partial charge in [-0.05, 0) is 12.1 Å². The maximum atomic E-state index is 12.5. The second kappa shape index (κ2) is 7.56. The summed E-state index contributed by atoms with van der Waals surface area (Å²) >= 11 is 5.77. The molecule has 0 aromatic heterocycles. The molecule has 0 bridgehead atoms. The van der Waals surface area contributed by atoms with Crippen molar-refractivity contribution in [2.24, 2.45) is 0 Å². The van der Waals surface area contributed by atoms with Crippen molar-refractivity contribution in [2.75, 3.05) is 32.7 Å². The van der Waals surface area contributed by atoms with Gasteiger partial charge in [0, 0.05) is 37.8 Å². The largest absolute Gasteiger partial charge is 0.434 e. The standard InChI is InChI=1S/C15H17ClF2N2O2/c1-11(16)10-19-6-8-20(9-7-19)14(21)12-4-2-3-5-13(12)22-15(17)18/h2-5,15H,1,6-10H2. The van der Waals surface area contributed by atoms with Gasteiger partial charge in [-0.25, -0.2) is 0 Å². The molecule has 1 amide bonds. The van der Waals surface area contributed by atoms with Crippen LogP contribution in [0.4, 0.5) is 8.78 Å². The van der Waals surface area contributed by atoms with Crippen molar-refractivity contribution in [1.29, 1.82) is 0 Å². The van der Waals surface area contributed by atoms with E-state index in [1.807, 2.05) is 0 Å². The Balaban J connectivity index is 2.02. The van der Waals surface area contributed by atoms with E-state index in [4.69, 9.17) is 11.6 Å². The number of hydrogen-bond donors (Lipinski definition) is 0. The van der Waals surface area contributed by atoms with Gasteiger partial charge in [0.15, 0.2) is 0 Å². The molecule has 1 fully saturated rings. The molecule has 1 aliphatic rings. The SMILES string of the molecule is C=C(Cl)CN1CCN(C(=O)c2ccccc2OC(F)F)CC1. The van der Waals surface area contributed by atoms with Crippen LogP contribution in [0, 0.1) is 0 Å². The first-order chi connectivity index (χ1) is 10.5. The van der Waals surface area contributed by atoms with Crippen LogP contribution in [0.25, 0.3) is 0 Å². The highest BCUT2D eigenvalue weighted by molar-refractivity contribution is 6.29. The average molecular weight is 331 g/mol. The van der Waals surface area contributed by atoms with Crippen LogP contribution >= 0.6 is 11.6 Å². The molecule has 120 valence electrons. The zero-order valence-electron chi connectivity index (χ0n) is 12.0. The van der Waals surface area contributed by atoms with Gasteiger partial charge in [-0.2, -0.15) is 8.78 Å². The van der Waals surface area contributed by atoms with Crippen molar-refractivity contribution in [2.45, 2.75) is 6.61 Å². The Labute approximate surface area is 132 Å². The lowest BCUT2D eigenvalue weighted by Crippen LogP contribution is -2.48. The molecular weight excluding hydrogens is 314 g/mol. The van der Waals surface area contributed by atoms with Gasteiger partial charge in [0.05, 0.1) is 5.56 Å². The van der Waals surface area contributed by atoms with Gasteiger partial charge >= 0.3 is 6.61 Å². The van der Waals surface area contributed by atoms with E-state index in [1.54, 1.807) is 17.0 Å². The third-order valence-corrected chi connectivity index (χ3v) is 3.51. The molecule has 1 aromatic rings. The van der Waals surface area contributed by atoms with Gasteiger partial charge < -0.3 is 9.64 Å². The van der Waals surface area contributed by atoms with Crippen LogP contribution in [0.15, 0.2) is 35.9 Å². The molecule has 0 spiro atoms. The number of ether oxygens (including phenoxy) is 1. The van der Waals surface area contributed by atoms with Crippen LogP contribution < -0.4 is 4.74 Å². The van der Waals surface area contributed by atoms with Crippen molar-refractivity contribution < 1.29 is 18.3 Å². The molecule has 7 heteroatoms. The maximum Gasteiger partial charge on any atom is 0.387 e. The highest BCUT2D eigenvalue weighted by Crippen LogP contribution is 2.22. The molecule has 0 radical (unpaired) electrons. The molecule has 0 unspecified atom stereocenters. The predicted molar refractivity (Wildman–Crippen MR) is 80.4 cm³/mol. The van der Waals surface area contributed by atoms with Crippen molar-refractivity contribution >= 4 is 17.5 Å². The summed E-state index contributed by atoms with van der Waals surface area (Å²) in [7, 11) is 0. The highest BCUT2D eigenvalue weighted by Gasteiger charge is 2.24. The fourth-order valence-corrected chi connectivity index (χ4v) is 2.53. The number of rotatable bonds is 5. The van der Waals surface area contributed by atoms with E-state index in [1.165, 1.54) is 12.1 Å². The zero-order chi connectivity index (χ0) is 16.1. The summed E-state index contributed by atoms with van der Waals surface area (Å²) in [6.45, 7) is 3.60. The molecule has 1 heterocycles. The van der Waals surface area contributed by atoms with Crippen molar-refractivity contribution in [3.8, 4) is 5.75 Å². The van der Waals surface area contributed by atoms with E-state index in [0.29, 0.717) is 37.8 Å². The van der Waals surface area contributed by atoms with Gasteiger partial charge in [0.1, 0.15) is 5.75 Å². The van der Waals surface area contributed by atoms with Crippen LogP contribution in [0.2, 0.25) is 0 Å². The van der Waals surface area contributed by atoms with Crippen LogP contribution in [-0.4, -0.2) is 55.0 Å². The number of alkyl halides is 2. The summed E-state index contributed by atoms with van der Waals surface area (Å²) in [6, 6.07) is 6.04. The second-order valence-electron chi connectivity index (χ2n) is 4.96. The average Bonchev–Trinajstić information content (AvgIpc) is 2.47. The zero-order valence-corrected chi connectivity index (χ0v) is 12.7. The van der Waals surface area contributed by atoms with E-state index in [9.17, 15) is 13.6 Å². The van der Waals surface area contributed by atoms with Gasteiger partial charge in [0.2, 0.25) is 0 Å². The van der Waals surface area contributed by atoms with Crippen molar-refractivity contribution in [3.63, 3.8) is 0 Å². The third kappa shape index (κ3) is 4.42. The summed E-state index contributed by atoms with van der Waals surface area (Å²) in [5.74, 6) is -0.403. The Morgan fingerprint density at radius 1 is 1.27 bits per heavy atom. The Morgan fingerprint density at radius 3 is 2.50 bits per heavy atom. The number of amides is 1. The number of para-hydroxylation sites is 1. The molecule has 0 saturated carbocycles. The Morgan fingerprint density at radius 2 is 1.91 bits per heavy atom. The molecule has 0 aliphatic carbocycles. The number of piperazine rings is 1. The van der Waals surface area contributed by atoms with Gasteiger partial charge in [-0.1, -0.05) is 30.3 Å². The molecule has 1 aromatic carbocycles. The number of nitrogens with zero attached hydrogens (tertiary/aromatic N) is 2. The summed E-state index contributed by atoms with van der Waals surface area (Å²) < 4.78 is 29.2. The Bertz CT molecular complexity index is 546. The summed E-state index contributed by atoms with van der Waals surface area (Å²) in [5, 5.41) is 0.551. The van der Waals surface area contributed by atoms with E-state index in [-0.39, 0.29) is 17.2 Å². The number of benzene rings is 1. The molecule has 22 heavy (non-hydrogen) atoms. The summed E-state index contributed by atoms with van der Waals surface area (Å²) in [5.41, 5.74) is 0.151. The second-order valence-corrected chi connectivity index (χ2v) is 5.49. The smallest absolute Gasteiger partial charge is 0.387 e. The summed E-state index contributed by atoms with van der Waals surface area (Å²) in [4.78, 5) is 16.2. The molecule has 0 atom stereocenters. The lowest BCUT2D eigenvalue weighted by Gasteiger charge is -2.34. The molecule has 4 nitrogen and oxygen atoms in total. The normalized spacial score (nSPS) is 15.9. The minimum Gasteiger partial charge on any atom is -0.434 e. The third-order valence-electron chi connectivity index (χ3n) is 3.39. The van der Waals surface area contributed by atoms with Crippen LogP contribution in [0.1, 0.15) is 10.4 Å². The van der Waals surface area contributed by atoms with Crippen LogP contribution in [0.5, 0.6) is 5.75 Å². The highest BCUT2D eigenvalue weighted by atomic mass is 35.5. The van der Waals surface area contributed by atoms with E-state index in [0.717, 1.165) is 0 Å². The number of halogens is 3. The predicted octanol–water partition coefficient (Wildman–Crippen LogP) is 2.80. The van der Waals surface area contributed by atoms with E-state index >= 15 is 0 Å². The molecule has 0 N–H and O–H groups in total. The Hall–Kier alpha value is -1.66. The number of carbonyl (C=O) groups is 1. The monoisotopic (exact) mass is 330 g/mol. The summed E-state index contributed by atoms with van der Waals surface area (Å²) in [6.07, 6.45) is 0. The first-order valence-corrected chi connectivity index (χ1v) is 7.24. The van der Waals surface area contributed by atoms with E-state index < -0.39 is 6.61 Å².